The van der Waals surface area contributed by atoms with Gasteiger partial charge in [-0.2, -0.15) is 0 Å². The lowest BCUT2D eigenvalue weighted by molar-refractivity contribution is 1.20. The van der Waals surface area contributed by atoms with Crippen LogP contribution in [0.5, 0.6) is 0 Å². The smallest absolute Gasteiger partial charge is 0.146 e. The molecule has 0 saturated heterocycles. The molecule has 0 N–H and O–H groups in total. The van der Waals surface area contributed by atoms with Gasteiger partial charge in [0.25, 0.3) is 0 Å². The monoisotopic (exact) mass is 319 g/mol. The minimum absolute atomic E-state index is 0.947. The fraction of sp³-hybridized carbons (Fsp3) is 0. The maximum Gasteiger partial charge on any atom is 0.146 e. The van der Waals surface area contributed by atoms with Crippen LogP contribution in [-0.2, 0) is 0 Å². The van der Waals surface area contributed by atoms with Crippen LogP contribution < -0.4 is 0 Å². The Labute approximate surface area is 143 Å². The van der Waals surface area contributed by atoms with Crippen LogP contribution in [0.1, 0.15) is 0 Å². The van der Waals surface area contributed by atoms with Crippen molar-refractivity contribution in [2.75, 3.05) is 0 Å². The van der Waals surface area contributed by atoms with Gasteiger partial charge in [-0.3, -0.25) is 4.40 Å². The molecule has 0 aliphatic heterocycles. The molecule has 0 bridgehead atoms. The third kappa shape index (κ3) is 1.59. The molecule has 0 radical (unpaired) electrons. The zero-order valence-corrected chi connectivity index (χ0v) is 13.3. The summed E-state index contributed by atoms with van der Waals surface area (Å²) in [4.78, 5) is 9.23. The SMILES string of the molecule is c1ccc2c(c1)ccc1c2ccc2c3cccnc3n3ccnc3c12. The van der Waals surface area contributed by atoms with Crippen molar-refractivity contribution in [3.63, 3.8) is 0 Å². The van der Waals surface area contributed by atoms with Crippen LogP contribution in [0, 0.1) is 0 Å². The van der Waals surface area contributed by atoms with E-state index in [1.165, 1.54) is 32.3 Å². The number of pyridine rings is 2. The van der Waals surface area contributed by atoms with Gasteiger partial charge in [-0.25, -0.2) is 9.97 Å². The van der Waals surface area contributed by atoms with Crippen molar-refractivity contribution >= 4 is 49.0 Å². The Hall–Kier alpha value is -3.46. The molecule has 3 aromatic carbocycles. The van der Waals surface area contributed by atoms with Crippen LogP contribution in [0.4, 0.5) is 0 Å². The van der Waals surface area contributed by atoms with Crippen molar-refractivity contribution in [3.8, 4) is 0 Å². The Kier molecular flexibility index (Phi) is 2.35. The van der Waals surface area contributed by atoms with Crippen molar-refractivity contribution in [1.82, 2.24) is 14.4 Å². The molecule has 0 unspecified atom stereocenters. The van der Waals surface area contributed by atoms with Crippen molar-refractivity contribution in [2.45, 2.75) is 0 Å². The summed E-state index contributed by atoms with van der Waals surface area (Å²) in [5, 5.41) is 8.57. The summed E-state index contributed by atoms with van der Waals surface area (Å²) in [5.41, 5.74) is 1.91. The first kappa shape index (κ1) is 12.9. The molecular weight excluding hydrogens is 306 g/mol. The van der Waals surface area contributed by atoms with E-state index >= 15 is 0 Å². The first-order chi connectivity index (χ1) is 12.4. The van der Waals surface area contributed by atoms with E-state index in [1.54, 1.807) is 0 Å². The summed E-state index contributed by atoms with van der Waals surface area (Å²) in [6.07, 6.45) is 5.68. The Morgan fingerprint density at radius 3 is 2.32 bits per heavy atom. The molecule has 3 heterocycles. The van der Waals surface area contributed by atoms with Crippen LogP contribution in [0.15, 0.2) is 79.3 Å². The van der Waals surface area contributed by atoms with Gasteiger partial charge < -0.3 is 0 Å². The lowest BCUT2D eigenvalue weighted by Crippen LogP contribution is -1.93. The minimum Gasteiger partial charge on any atom is -0.283 e. The first-order valence-corrected chi connectivity index (χ1v) is 8.36. The van der Waals surface area contributed by atoms with Gasteiger partial charge in [-0.05, 0) is 39.1 Å². The Morgan fingerprint density at radius 2 is 1.32 bits per heavy atom. The second-order valence-corrected chi connectivity index (χ2v) is 6.37. The number of fused-ring (bicyclic) bond motifs is 10. The van der Waals surface area contributed by atoms with Gasteiger partial charge >= 0.3 is 0 Å². The molecule has 0 fully saturated rings. The van der Waals surface area contributed by atoms with Crippen molar-refractivity contribution in [3.05, 3.63) is 79.3 Å². The lowest BCUT2D eigenvalue weighted by atomic mass is 9.96. The number of hydrogen-bond donors (Lipinski definition) is 0. The average Bonchev–Trinajstić information content (AvgIpc) is 3.17. The molecule has 3 heteroatoms. The van der Waals surface area contributed by atoms with Crippen molar-refractivity contribution in [2.24, 2.45) is 0 Å². The maximum atomic E-state index is 4.65. The molecule has 0 aliphatic carbocycles. The molecule has 0 saturated carbocycles. The van der Waals surface area contributed by atoms with E-state index in [4.69, 9.17) is 0 Å². The Bertz CT molecular complexity index is 1440. The van der Waals surface area contributed by atoms with Crippen LogP contribution >= 0.6 is 0 Å². The van der Waals surface area contributed by atoms with Crippen LogP contribution in [0.25, 0.3) is 49.0 Å². The van der Waals surface area contributed by atoms with Gasteiger partial charge in [0, 0.05) is 29.4 Å². The molecule has 0 atom stereocenters. The number of hydrogen-bond acceptors (Lipinski definition) is 2. The summed E-state index contributed by atoms with van der Waals surface area (Å²) < 4.78 is 2.09. The maximum absolute atomic E-state index is 4.65. The second-order valence-electron chi connectivity index (χ2n) is 6.37. The number of benzene rings is 3. The molecule has 3 aromatic heterocycles. The van der Waals surface area contributed by atoms with E-state index < -0.39 is 0 Å². The highest BCUT2D eigenvalue weighted by Gasteiger charge is 2.13. The molecule has 3 nitrogen and oxygen atoms in total. The number of aromatic nitrogens is 3. The number of nitrogens with zero attached hydrogens (tertiary/aromatic N) is 3. The van der Waals surface area contributed by atoms with Crippen LogP contribution in [0.2, 0.25) is 0 Å². The third-order valence-corrected chi connectivity index (χ3v) is 5.10. The number of rotatable bonds is 0. The van der Waals surface area contributed by atoms with E-state index in [0.717, 1.165) is 16.7 Å². The Morgan fingerprint density at radius 1 is 0.560 bits per heavy atom. The first-order valence-electron chi connectivity index (χ1n) is 8.36. The van der Waals surface area contributed by atoms with Gasteiger partial charge in [0.05, 0.1) is 0 Å². The normalized spacial score (nSPS) is 12.0. The topological polar surface area (TPSA) is 30.2 Å². The molecule has 6 rings (SSSR count). The van der Waals surface area contributed by atoms with E-state index in [0.29, 0.717) is 0 Å². The van der Waals surface area contributed by atoms with Crippen molar-refractivity contribution < 1.29 is 0 Å². The van der Waals surface area contributed by atoms with Gasteiger partial charge in [0.2, 0.25) is 0 Å². The van der Waals surface area contributed by atoms with Crippen molar-refractivity contribution in [1.29, 1.82) is 0 Å². The molecule has 0 amide bonds. The summed E-state index contributed by atoms with van der Waals surface area (Å²) in [7, 11) is 0. The van der Waals surface area contributed by atoms with Gasteiger partial charge in [0.1, 0.15) is 11.3 Å². The fourth-order valence-corrected chi connectivity index (χ4v) is 4.01. The number of imidazole rings is 1. The molecule has 6 aromatic rings. The molecule has 0 aliphatic rings. The molecule has 116 valence electrons. The predicted octanol–water partition coefficient (Wildman–Crippen LogP) is 5.34. The highest BCUT2D eigenvalue weighted by molar-refractivity contribution is 6.25. The molecule has 0 spiro atoms. The summed E-state index contributed by atoms with van der Waals surface area (Å²) in [5.74, 6) is 0. The van der Waals surface area contributed by atoms with Crippen LogP contribution in [0.3, 0.4) is 0 Å². The second kappa shape index (κ2) is 4.54. The molecular formula is C22H13N3. The van der Waals surface area contributed by atoms with E-state index in [-0.39, 0.29) is 0 Å². The fourth-order valence-electron chi connectivity index (χ4n) is 4.01. The lowest BCUT2D eigenvalue weighted by Gasteiger charge is -2.11. The van der Waals surface area contributed by atoms with Gasteiger partial charge in [-0.1, -0.05) is 48.5 Å². The summed E-state index contributed by atoms with van der Waals surface area (Å²) in [6, 6.07) is 21.5. The zero-order valence-electron chi connectivity index (χ0n) is 13.3. The highest BCUT2D eigenvalue weighted by Crippen LogP contribution is 2.36. The summed E-state index contributed by atoms with van der Waals surface area (Å²) in [6.45, 7) is 0. The Balaban J connectivity index is 1.99. The minimum atomic E-state index is 0.947. The van der Waals surface area contributed by atoms with E-state index in [2.05, 4.69) is 69.0 Å². The highest BCUT2D eigenvalue weighted by atomic mass is 15.0. The summed E-state index contributed by atoms with van der Waals surface area (Å²) >= 11 is 0. The van der Waals surface area contributed by atoms with E-state index in [1.807, 2.05) is 24.7 Å². The zero-order chi connectivity index (χ0) is 16.4. The van der Waals surface area contributed by atoms with Gasteiger partial charge in [0.15, 0.2) is 0 Å². The largest absolute Gasteiger partial charge is 0.283 e. The third-order valence-electron chi connectivity index (χ3n) is 5.10. The molecule has 25 heavy (non-hydrogen) atoms. The van der Waals surface area contributed by atoms with Crippen LogP contribution in [-0.4, -0.2) is 14.4 Å². The van der Waals surface area contributed by atoms with E-state index in [9.17, 15) is 0 Å². The standard InChI is InChI=1S/C22H13N3/c1-2-5-15-14(4-1)7-8-17-16(15)9-10-18-19-6-3-11-23-21(19)25-13-12-24-22(25)20(17)18/h1-13H. The predicted molar refractivity (Wildman–Crippen MR) is 103 cm³/mol. The quantitative estimate of drug-likeness (QED) is 0.354. The average molecular weight is 319 g/mol. The van der Waals surface area contributed by atoms with Gasteiger partial charge in [-0.15, -0.1) is 0 Å².